The highest BCUT2D eigenvalue weighted by atomic mass is 31.2. The maximum Gasteiger partial charge on any atom is 0.134 e. The van der Waals surface area contributed by atoms with Gasteiger partial charge in [0.05, 0.1) is 0 Å². The lowest BCUT2D eigenvalue weighted by Gasteiger charge is -2.57. The van der Waals surface area contributed by atoms with Crippen molar-refractivity contribution >= 4 is 27.8 Å². The molecule has 0 atom stereocenters. The van der Waals surface area contributed by atoms with Crippen LogP contribution in [-0.2, 0) is 0 Å². The Labute approximate surface area is 212 Å². The van der Waals surface area contributed by atoms with Gasteiger partial charge in [0.15, 0.2) is 0 Å². The van der Waals surface area contributed by atoms with E-state index in [9.17, 15) is 0 Å². The third-order valence-electron chi connectivity index (χ3n) is 5.38. The van der Waals surface area contributed by atoms with Gasteiger partial charge in [-0.3, -0.25) is 4.44 Å². The summed E-state index contributed by atoms with van der Waals surface area (Å²) in [5, 5.41) is 0.800. The van der Waals surface area contributed by atoms with Crippen LogP contribution in [0.25, 0.3) is 0 Å². The summed E-state index contributed by atoms with van der Waals surface area (Å²) in [4.78, 5) is 11.7. The van der Waals surface area contributed by atoms with E-state index >= 15 is 0 Å². The van der Waals surface area contributed by atoms with Gasteiger partial charge in [0, 0.05) is 25.5 Å². The number of anilines is 2. The van der Waals surface area contributed by atoms with Gasteiger partial charge in [-0.15, -0.1) is 0 Å². The van der Waals surface area contributed by atoms with Gasteiger partial charge in [-0.25, -0.2) is 9.97 Å². The number of pyridine rings is 2. The van der Waals surface area contributed by atoms with E-state index in [1.54, 1.807) is 0 Å². The molecule has 0 aliphatic heterocycles. The molecule has 34 heavy (non-hydrogen) atoms. The molecule has 6 heteroatoms. The Morgan fingerprint density at radius 1 is 0.559 bits per heavy atom. The first kappa shape index (κ1) is 29.2. The van der Waals surface area contributed by atoms with Crippen molar-refractivity contribution in [3.05, 3.63) is 48.8 Å². The molecule has 0 amide bonds. The smallest absolute Gasteiger partial charge is 0.134 e. The molecule has 0 fully saturated rings. The molecule has 2 aromatic rings. The van der Waals surface area contributed by atoms with Crippen LogP contribution in [0.3, 0.4) is 0 Å². The summed E-state index contributed by atoms with van der Waals surface area (Å²) in [6.45, 7) is 31.1. The summed E-state index contributed by atoms with van der Waals surface area (Å²) in [5.74, 6) is 1.90. The van der Waals surface area contributed by atoms with E-state index in [2.05, 4.69) is 117 Å². The Balaban J connectivity index is 2.60. The maximum absolute atomic E-state index is 4.70. The van der Waals surface area contributed by atoms with Gasteiger partial charge in [0.2, 0.25) is 0 Å². The van der Waals surface area contributed by atoms with E-state index in [0.29, 0.717) is 0 Å². The van der Waals surface area contributed by atoms with Crippen LogP contribution in [0.15, 0.2) is 48.8 Å². The summed E-state index contributed by atoms with van der Waals surface area (Å²) >= 11 is 0. The van der Waals surface area contributed by atoms with Crippen LogP contribution >= 0.6 is 16.1 Å². The van der Waals surface area contributed by atoms with Crippen molar-refractivity contribution in [2.75, 3.05) is 18.0 Å². The van der Waals surface area contributed by atoms with Gasteiger partial charge in [0.1, 0.15) is 11.6 Å². The van der Waals surface area contributed by atoms with E-state index < -0.39 is 16.1 Å². The van der Waals surface area contributed by atoms with Crippen LogP contribution in [-0.4, -0.2) is 48.1 Å². The average Bonchev–Trinajstić information content (AvgIpc) is 2.65. The highest BCUT2D eigenvalue weighted by Gasteiger charge is 2.48. The lowest BCUT2D eigenvalue weighted by molar-refractivity contribution is 0.562. The van der Waals surface area contributed by atoms with Gasteiger partial charge < -0.3 is 4.90 Å². The molecule has 0 saturated carbocycles. The fraction of sp³-hybridized carbons (Fsp3) is 0.643. The Morgan fingerprint density at radius 3 is 1.18 bits per heavy atom. The van der Waals surface area contributed by atoms with Crippen LogP contribution in [0.4, 0.5) is 11.6 Å². The summed E-state index contributed by atoms with van der Waals surface area (Å²) in [7, 11) is -0.896. The Morgan fingerprint density at radius 2 is 0.912 bits per heavy atom. The zero-order chi connectivity index (χ0) is 25.9. The molecule has 2 rings (SSSR count). The van der Waals surface area contributed by atoms with Gasteiger partial charge in [-0.1, -0.05) is 95.2 Å². The quantitative estimate of drug-likeness (QED) is 0.354. The van der Waals surface area contributed by atoms with E-state index in [0.717, 1.165) is 24.7 Å². The zero-order valence-corrected chi connectivity index (χ0v) is 25.5. The molecule has 0 saturated heterocycles. The normalized spacial score (nSPS) is 13.7. The van der Waals surface area contributed by atoms with Crippen molar-refractivity contribution in [1.29, 1.82) is 0 Å². The number of rotatable bonds is 7. The fourth-order valence-corrected chi connectivity index (χ4v) is 16.6. The fourth-order valence-electron chi connectivity index (χ4n) is 5.25. The standard InChI is InChI=1S/C28H48N4P2/c1-25(2,3)33(26(4,5)6)32(34(27(7,8)9)28(10,11)12)22-21-31(23-17-13-15-19-29-23)24-18-14-16-20-30-24/h13-20H,21-22H2,1-12H3. The Kier molecular flexibility index (Phi) is 9.34. The molecule has 2 heterocycles. The number of aromatic nitrogens is 2. The van der Waals surface area contributed by atoms with Crippen LogP contribution in [0.1, 0.15) is 83.1 Å². The monoisotopic (exact) mass is 502 g/mol. The van der Waals surface area contributed by atoms with Gasteiger partial charge in [-0.05, 0) is 61.0 Å². The highest BCUT2D eigenvalue weighted by Crippen LogP contribution is 2.75. The predicted octanol–water partition coefficient (Wildman–Crippen LogP) is 8.90. The largest absolute Gasteiger partial charge is 0.310 e. The van der Waals surface area contributed by atoms with Crippen LogP contribution in [0.2, 0.25) is 0 Å². The van der Waals surface area contributed by atoms with E-state index in [1.807, 2.05) is 24.5 Å². The molecule has 0 spiro atoms. The van der Waals surface area contributed by atoms with E-state index in [4.69, 9.17) is 9.97 Å². The van der Waals surface area contributed by atoms with Crippen LogP contribution < -0.4 is 4.90 Å². The lowest BCUT2D eigenvalue weighted by Crippen LogP contribution is -2.43. The molecule has 0 aliphatic carbocycles. The van der Waals surface area contributed by atoms with Crippen LogP contribution in [0.5, 0.6) is 0 Å². The lowest BCUT2D eigenvalue weighted by atomic mass is 10.2. The van der Waals surface area contributed by atoms with Crippen molar-refractivity contribution in [3.8, 4) is 0 Å². The van der Waals surface area contributed by atoms with Crippen LogP contribution in [0, 0.1) is 0 Å². The molecular formula is C28H48N4P2. The molecule has 0 aromatic carbocycles. The van der Waals surface area contributed by atoms with E-state index in [1.165, 1.54) is 0 Å². The second-order valence-electron chi connectivity index (χ2n) is 12.9. The van der Waals surface area contributed by atoms with Crippen molar-refractivity contribution < 1.29 is 0 Å². The molecule has 0 aliphatic rings. The highest BCUT2D eigenvalue weighted by molar-refractivity contribution is 7.73. The number of hydrogen-bond acceptors (Lipinski definition) is 4. The summed E-state index contributed by atoms with van der Waals surface area (Å²) in [6, 6.07) is 12.2. The second kappa shape index (κ2) is 10.9. The van der Waals surface area contributed by atoms with Crippen molar-refractivity contribution in [2.45, 2.75) is 104 Å². The third-order valence-corrected chi connectivity index (χ3v) is 12.9. The van der Waals surface area contributed by atoms with E-state index in [-0.39, 0.29) is 20.6 Å². The Hall–Kier alpha value is -1.08. The first-order valence-corrected chi connectivity index (χ1v) is 15.0. The maximum atomic E-state index is 4.70. The minimum Gasteiger partial charge on any atom is -0.310 e. The Bertz CT molecular complexity index is 776. The van der Waals surface area contributed by atoms with Crippen molar-refractivity contribution in [3.63, 3.8) is 0 Å². The van der Waals surface area contributed by atoms with Gasteiger partial charge in [-0.2, -0.15) is 0 Å². The first-order valence-electron chi connectivity index (χ1n) is 12.4. The minimum atomic E-state index is -0.448. The predicted molar refractivity (Wildman–Crippen MR) is 155 cm³/mol. The second-order valence-corrected chi connectivity index (χ2v) is 20.8. The molecule has 4 nitrogen and oxygen atoms in total. The summed E-state index contributed by atoms with van der Waals surface area (Å²) < 4.78 is 2.95. The van der Waals surface area contributed by atoms with Gasteiger partial charge in [0.25, 0.3) is 0 Å². The minimum absolute atomic E-state index is 0.200. The zero-order valence-electron chi connectivity index (χ0n) is 23.7. The SMILES string of the molecule is CC(C)(C)P(N(CCN(c1ccccn1)c1ccccn1)P(C(C)(C)C)C(C)(C)C)C(C)(C)C. The average molecular weight is 503 g/mol. The first-order chi connectivity index (χ1) is 15.4. The summed E-state index contributed by atoms with van der Waals surface area (Å²) in [5.41, 5.74) is 0. The molecule has 0 radical (unpaired) electrons. The number of nitrogens with zero attached hydrogens (tertiary/aromatic N) is 4. The van der Waals surface area contributed by atoms with Crippen molar-refractivity contribution in [1.82, 2.24) is 14.4 Å². The summed E-state index contributed by atoms with van der Waals surface area (Å²) in [6.07, 6.45) is 3.74. The third kappa shape index (κ3) is 7.71. The topological polar surface area (TPSA) is 32.3 Å². The molecule has 190 valence electrons. The number of hydrogen-bond donors (Lipinski definition) is 0. The molecule has 0 N–H and O–H groups in total. The molecule has 0 unspecified atom stereocenters. The van der Waals surface area contributed by atoms with Crippen molar-refractivity contribution in [2.24, 2.45) is 0 Å². The molecule has 0 bridgehead atoms. The van der Waals surface area contributed by atoms with Gasteiger partial charge >= 0.3 is 0 Å². The molecular weight excluding hydrogens is 454 g/mol. The molecule has 2 aromatic heterocycles.